The van der Waals surface area contributed by atoms with Gasteiger partial charge in [0.05, 0.1) is 12.7 Å². The van der Waals surface area contributed by atoms with Gasteiger partial charge >= 0.3 is 0 Å². The zero-order valence-electron chi connectivity index (χ0n) is 11.7. The molecule has 1 aliphatic heterocycles. The summed E-state index contributed by atoms with van der Waals surface area (Å²) >= 11 is 0. The molecule has 0 N–H and O–H groups in total. The lowest BCUT2D eigenvalue weighted by Crippen LogP contribution is -2.31. The first kappa shape index (κ1) is 14.7. The van der Waals surface area contributed by atoms with Crippen molar-refractivity contribution >= 4 is 8.07 Å². The standard InChI is InChI=1S/C14H26O2Si/c1-6-7-14-15-9-8-13(16-14)10-12(2)11-17(3,4)5/h6-7,13-14H,2,8-11H2,1,3-5H3/b7-6+/t13-,14-/m1/s1. The van der Waals surface area contributed by atoms with Gasteiger partial charge in [-0.15, -0.1) is 6.58 Å². The first-order valence-electron chi connectivity index (χ1n) is 6.47. The Labute approximate surface area is 107 Å². The lowest BCUT2D eigenvalue weighted by Gasteiger charge is -2.30. The van der Waals surface area contributed by atoms with Crippen LogP contribution in [0.3, 0.4) is 0 Å². The van der Waals surface area contributed by atoms with Crippen molar-refractivity contribution in [2.75, 3.05) is 6.61 Å². The maximum atomic E-state index is 5.86. The Kier molecular flexibility index (Phi) is 5.63. The van der Waals surface area contributed by atoms with Crippen LogP contribution in [0, 0.1) is 0 Å². The number of hydrogen-bond acceptors (Lipinski definition) is 2. The summed E-state index contributed by atoms with van der Waals surface area (Å²) in [7, 11) is -1.04. The second-order valence-electron chi connectivity index (χ2n) is 6.00. The van der Waals surface area contributed by atoms with Crippen LogP contribution in [-0.2, 0) is 9.47 Å². The Hall–Kier alpha value is -0.383. The van der Waals surface area contributed by atoms with Crippen LogP contribution >= 0.6 is 0 Å². The predicted octanol–water partition coefficient (Wildman–Crippen LogP) is 3.98. The smallest absolute Gasteiger partial charge is 0.177 e. The summed E-state index contributed by atoms with van der Waals surface area (Å²) in [5, 5.41) is 0. The van der Waals surface area contributed by atoms with Crippen molar-refractivity contribution in [3.63, 3.8) is 0 Å². The highest BCUT2D eigenvalue weighted by Crippen LogP contribution is 2.24. The monoisotopic (exact) mass is 254 g/mol. The van der Waals surface area contributed by atoms with E-state index >= 15 is 0 Å². The van der Waals surface area contributed by atoms with Crippen LogP contribution in [0.4, 0.5) is 0 Å². The predicted molar refractivity (Wildman–Crippen MR) is 76.0 cm³/mol. The fourth-order valence-corrected chi connectivity index (χ4v) is 3.81. The zero-order chi connectivity index (χ0) is 12.9. The van der Waals surface area contributed by atoms with Gasteiger partial charge in [0.15, 0.2) is 6.29 Å². The van der Waals surface area contributed by atoms with Crippen LogP contribution in [0.2, 0.25) is 25.7 Å². The van der Waals surface area contributed by atoms with Crippen LogP contribution < -0.4 is 0 Å². The summed E-state index contributed by atoms with van der Waals surface area (Å²) in [5.41, 5.74) is 1.34. The minimum Gasteiger partial charge on any atom is -0.349 e. The van der Waals surface area contributed by atoms with Gasteiger partial charge < -0.3 is 9.47 Å². The maximum absolute atomic E-state index is 5.86. The average molecular weight is 254 g/mol. The highest BCUT2D eigenvalue weighted by Gasteiger charge is 2.23. The van der Waals surface area contributed by atoms with E-state index in [0.717, 1.165) is 19.4 Å². The lowest BCUT2D eigenvalue weighted by molar-refractivity contribution is -0.185. The fourth-order valence-electron chi connectivity index (χ4n) is 2.17. The topological polar surface area (TPSA) is 18.5 Å². The molecular weight excluding hydrogens is 228 g/mol. The largest absolute Gasteiger partial charge is 0.349 e. The Morgan fingerprint density at radius 1 is 1.41 bits per heavy atom. The zero-order valence-corrected chi connectivity index (χ0v) is 12.7. The highest BCUT2D eigenvalue weighted by atomic mass is 28.3. The molecule has 0 spiro atoms. The van der Waals surface area contributed by atoms with E-state index < -0.39 is 8.07 Å². The lowest BCUT2D eigenvalue weighted by atomic mass is 10.1. The van der Waals surface area contributed by atoms with Gasteiger partial charge in [0.2, 0.25) is 0 Å². The van der Waals surface area contributed by atoms with Gasteiger partial charge in [-0.05, 0) is 31.9 Å². The van der Waals surface area contributed by atoms with Crippen molar-refractivity contribution in [1.29, 1.82) is 0 Å². The molecule has 2 nitrogen and oxygen atoms in total. The molecule has 0 aromatic rings. The van der Waals surface area contributed by atoms with Gasteiger partial charge in [-0.3, -0.25) is 0 Å². The van der Waals surface area contributed by atoms with Crippen LogP contribution in [0.1, 0.15) is 19.8 Å². The molecule has 0 bridgehead atoms. The van der Waals surface area contributed by atoms with Gasteiger partial charge in [0.1, 0.15) is 0 Å². The van der Waals surface area contributed by atoms with E-state index in [1.54, 1.807) is 0 Å². The van der Waals surface area contributed by atoms with Crippen molar-refractivity contribution in [3.05, 3.63) is 24.3 Å². The third kappa shape index (κ3) is 6.20. The minimum atomic E-state index is -1.04. The van der Waals surface area contributed by atoms with Gasteiger partial charge in [-0.2, -0.15) is 0 Å². The SMILES string of the molecule is C=C(C[C@H]1CCO[C@@H](/C=C/C)O1)C[Si](C)(C)C. The summed E-state index contributed by atoms with van der Waals surface area (Å²) in [6, 6.07) is 1.20. The van der Waals surface area contributed by atoms with Crippen LogP contribution in [-0.4, -0.2) is 27.1 Å². The number of rotatable bonds is 5. The molecule has 0 unspecified atom stereocenters. The summed E-state index contributed by atoms with van der Waals surface area (Å²) in [5.74, 6) is 0. The molecule has 0 amide bonds. The molecule has 1 aliphatic rings. The van der Waals surface area contributed by atoms with Crippen LogP contribution in [0.5, 0.6) is 0 Å². The van der Waals surface area contributed by atoms with Crippen LogP contribution in [0.25, 0.3) is 0 Å². The van der Waals surface area contributed by atoms with Crippen molar-refractivity contribution < 1.29 is 9.47 Å². The highest BCUT2D eigenvalue weighted by molar-refractivity contribution is 6.76. The molecule has 2 atom stereocenters. The molecule has 0 aromatic heterocycles. The Balaban J connectivity index is 2.38. The summed E-state index contributed by atoms with van der Waals surface area (Å²) in [4.78, 5) is 0. The molecule has 0 aliphatic carbocycles. The molecule has 17 heavy (non-hydrogen) atoms. The van der Waals surface area contributed by atoms with E-state index in [0.29, 0.717) is 0 Å². The first-order valence-corrected chi connectivity index (χ1v) is 10.2. The molecule has 1 fully saturated rings. The third-order valence-corrected chi connectivity index (χ3v) is 4.26. The first-order chi connectivity index (χ1) is 7.90. The van der Waals surface area contributed by atoms with E-state index in [-0.39, 0.29) is 12.4 Å². The molecule has 1 rings (SSSR count). The van der Waals surface area contributed by atoms with Gasteiger partial charge in [0, 0.05) is 8.07 Å². The van der Waals surface area contributed by atoms with E-state index in [9.17, 15) is 0 Å². The third-order valence-electron chi connectivity index (χ3n) is 2.69. The Bertz CT molecular complexity index is 278. The average Bonchev–Trinajstić information content (AvgIpc) is 2.15. The summed E-state index contributed by atoms with van der Waals surface area (Å²) in [6.07, 6.45) is 6.05. The summed E-state index contributed by atoms with van der Waals surface area (Å²) in [6.45, 7) is 14.1. The van der Waals surface area contributed by atoms with Gasteiger partial charge in [-0.1, -0.05) is 31.3 Å². The molecular formula is C14H26O2Si. The van der Waals surface area contributed by atoms with Crippen LogP contribution in [0.15, 0.2) is 24.3 Å². The molecule has 0 radical (unpaired) electrons. The van der Waals surface area contributed by atoms with Crippen molar-refractivity contribution in [3.8, 4) is 0 Å². The Morgan fingerprint density at radius 2 is 2.12 bits per heavy atom. The number of hydrogen-bond donors (Lipinski definition) is 0. The Morgan fingerprint density at radius 3 is 2.71 bits per heavy atom. The number of allylic oxidation sites excluding steroid dienone is 1. The van der Waals surface area contributed by atoms with Gasteiger partial charge in [-0.25, -0.2) is 0 Å². The van der Waals surface area contributed by atoms with E-state index in [2.05, 4.69) is 26.2 Å². The molecule has 3 heteroatoms. The molecule has 1 heterocycles. The minimum absolute atomic E-state index is 0.154. The number of ether oxygens (including phenoxy) is 2. The fraction of sp³-hybridized carbons (Fsp3) is 0.714. The second kappa shape index (κ2) is 6.52. The molecule has 1 saturated heterocycles. The molecule has 0 saturated carbocycles. The normalized spacial score (nSPS) is 26.4. The van der Waals surface area contributed by atoms with E-state index in [1.165, 1.54) is 11.6 Å². The molecule has 0 aromatic carbocycles. The van der Waals surface area contributed by atoms with E-state index in [1.807, 2.05) is 19.1 Å². The molecule has 98 valence electrons. The van der Waals surface area contributed by atoms with Crippen molar-refractivity contribution in [2.24, 2.45) is 0 Å². The van der Waals surface area contributed by atoms with E-state index in [4.69, 9.17) is 9.47 Å². The quantitative estimate of drug-likeness (QED) is 0.546. The second-order valence-corrected chi connectivity index (χ2v) is 11.5. The summed E-state index contributed by atoms with van der Waals surface area (Å²) < 4.78 is 11.4. The van der Waals surface area contributed by atoms with Crippen molar-refractivity contribution in [1.82, 2.24) is 0 Å². The van der Waals surface area contributed by atoms with Crippen molar-refractivity contribution in [2.45, 2.75) is 57.8 Å². The van der Waals surface area contributed by atoms with Gasteiger partial charge in [0.25, 0.3) is 0 Å². The maximum Gasteiger partial charge on any atom is 0.177 e.